The molecule has 0 N–H and O–H groups in total. The molecular formula is C54H41N. The largest absolute Gasteiger partial charge is 0.310 e. The van der Waals surface area contributed by atoms with Gasteiger partial charge in [0.1, 0.15) is 0 Å². The zero-order valence-electron chi connectivity index (χ0n) is 31.7. The predicted octanol–water partition coefficient (Wildman–Crippen LogP) is 14.1. The molecule has 1 spiro atoms. The van der Waals surface area contributed by atoms with E-state index in [0.29, 0.717) is 0 Å². The van der Waals surface area contributed by atoms with Crippen LogP contribution < -0.4 is 4.90 Å². The van der Waals surface area contributed by atoms with Crippen LogP contribution in [-0.4, -0.2) is 0 Å². The fourth-order valence-electron chi connectivity index (χ4n) is 10.4. The van der Waals surface area contributed by atoms with Crippen molar-refractivity contribution in [1.82, 2.24) is 0 Å². The fourth-order valence-corrected chi connectivity index (χ4v) is 10.4. The lowest BCUT2D eigenvalue weighted by Gasteiger charge is -2.33. The van der Waals surface area contributed by atoms with Crippen molar-refractivity contribution >= 4 is 17.1 Å². The second-order valence-corrected chi connectivity index (χ2v) is 16.2. The Kier molecular flexibility index (Phi) is 6.72. The molecule has 1 heteroatoms. The van der Waals surface area contributed by atoms with Crippen LogP contribution in [0.1, 0.15) is 58.4 Å². The lowest BCUT2D eigenvalue weighted by Crippen LogP contribution is -2.26. The Morgan fingerprint density at radius 3 is 1.58 bits per heavy atom. The molecule has 0 aliphatic heterocycles. The van der Waals surface area contributed by atoms with Gasteiger partial charge >= 0.3 is 0 Å². The highest BCUT2D eigenvalue weighted by Gasteiger charge is 2.52. The maximum Gasteiger partial charge on any atom is 0.0726 e. The lowest BCUT2D eigenvalue weighted by atomic mass is 9.70. The minimum Gasteiger partial charge on any atom is -0.310 e. The summed E-state index contributed by atoms with van der Waals surface area (Å²) in [6.07, 6.45) is 0. The van der Waals surface area contributed by atoms with E-state index in [4.69, 9.17) is 0 Å². The summed E-state index contributed by atoms with van der Waals surface area (Å²) in [6, 6.07) is 66.3. The van der Waals surface area contributed by atoms with Gasteiger partial charge in [-0.1, -0.05) is 165 Å². The molecule has 8 aromatic rings. The van der Waals surface area contributed by atoms with Gasteiger partial charge in [-0.15, -0.1) is 0 Å². The summed E-state index contributed by atoms with van der Waals surface area (Å²) in [5.74, 6) is 0. The minimum atomic E-state index is -0.422. The quantitative estimate of drug-likeness (QED) is 0.176. The number of nitrogens with zero attached hydrogens (tertiary/aromatic N) is 1. The van der Waals surface area contributed by atoms with E-state index < -0.39 is 5.41 Å². The number of hydrogen-bond donors (Lipinski definition) is 0. The van der Waals surface area contributed by atoms with Crippen LogP contribution in [0.2, 0.25) is 0 Å². The first kappa shape index (κ1) is 32.0. The third-order valence-electron chi connectivity index (χ3n) is 12.8. The highest BCUT2D eigenvalue weighted by molar-refractivity contribution is 6.02. The van der Waals surface area contributed by atoms with E-state index >= 15 is 0 Å². The van der Waals surface area contributed by atoms with Crippen LogP contribution >= 0.6 is 0 Å². The van der Waals surface area contributed by atoms with Crippen LogP contribution in [0, 0.1) is 13.8 Å². The molecule has 0 saturated heterocycles. The Hall–Kier alpha value is -6.44. The van der Waals surface area contributed by atoms with Gasteiger partial charge in [0.2, 0.25) is 0 Å². The normalized spacial score (nSPS) is 14.5. The number of anilines is 3. The SMILES string of the molecule is Cc1ccc2c(c1)C1(c3ccccc3-c3ccccc31)c1cc(C)cc(N(c3ccc(-c4ccccc4)cc3)c3ccc4c(c3)C(C)(C)c3ccccc3-4)c1-2. The van der Waals surface area contributed by atoms with Gasteiger partial charge in [0.25, 0.3) is 0 Å². The first-order valence-electron chi connectivity index (χ1n) is 19.5. The average Bonchev–Trinajstić information content (AvgIpc) is 3.77. The summed E-state index contributed by atoms with van der Waals surface area (Å²) in [5.41, 5.74) is 24.1. The molecule has 0 saturated carbocycles. The van der Waals surface area contributed by atoms with Gasteiger partial charge in [-0.25, -0.2) is 0 Å². The summed E-state index contributed by atoms with van der Waals surface area (Å²) < 4.78 is 0. The Balaban J connectivity index is 1.21. The third kappa shape index (κ3) is 4.36. The summed E-state index contributed by atoms with van der Waals surface area (Å²) >= 11 is 0. The van der Waals surface area contributed by atoms with Crippen molar-refractivity contribution in [3.63, 3.8) is 0 Å². The molecule has 262 valence electrons. The Labute approximate surface area is 324 Å². The number of rotatable bonds is 4. The molecule has 0 unspecified atom stereocenters. The van der Waals surface area contributed by atoms with E-state index in [2.05, 4.69) is 209 Å². The number of benzene rings is 8. The van der Waals surface area contributed by atoms with E-state index in [0.717, 1.165) is 5.69 Å². The zero-order chi connectivity index (χ0) is 37.1. The lowest BCUT2D eigenvalue weighted by molar-refractivity contribution is 0.660. The van der Waals surface area contributed by atoms with E-state index in [1.54, 1.807) is 0 Å². The maximum atomic E-state index is 2.54. The second kappa shape index (κ2) is 11.5. The van der Waals surface area contributed by atoms with Crippen molar-refractivity contribution < 1.29 is 0 Å². The van der Waals surface area contributed by atoms with Gasteiger partial charge in [-0.3, -0.25) is 0 Å². The summed E-state index contributed by atoms with van der Waals surface area (Å²) in [7, 11) is 0. The minimum absolute atomic E-state index is 0.120. The molecule has 0 heterocycles. The van der Waals surface area contributed by atoms with Crippen LogP contribution in [0.15, 0.2) is 176 Å². The molecule has 0 atom stereocenters. The smallest absolute Gasteiger partial charge is 0.0726 e. The van der Waals surface area contributed by atoms with Crippen molar-refractivity contribution in [2.24, 2.45) is 0 Å². The number of aryl methyl sites for hydroxylation is 2. The molecular weight excluding hydrogens is 663 g/mol. The monoisotopic (exact) mass is 703 g/mol. The van der Waals surface area contributed by atoms with Crippen LogP contribution in [0.25, 0.3) is 44.5 Å². The molecule has 11 rings (SSSR count). The standard InChI is InChI=1S/C54H41N/c1-34-22-28-44-49(30-34)54(46-20-12-9-17-41(46)42-18-10-13-21-47(42)54)50-31-35(2)32-51(52(44)50)55(38-25-23-37(24-26-38)36-14-6-5-7-15-36)39-27-29-43-40-16-8-11-19-45(40)53(3,4)48(43)33-39/h5-33H,1-4H3. The van der Waals surface area contributed by atoms with Crippen molar-refractivity contribution in [1.29, 1.82) is 0 Å². The average molecular weight is 704 g/mol. The first-order chi connectivity index (χ1) is 26.9. The Morgan fingerprint density at radius 2 is 0.891 bits per heavy atom. The molecule has 0 radical (unpaired) electrons. The summed E-state index contributed by atoms with van der Waals surface area (Å²) in [6.45, 7) is 9.27. The highest BCUT2D eigenvalue weighted by Crippen LogP contribution is 2.65. The van der Waals surface area contributed by atoms with E-state index in [1.807, 2.05) is 0 Å². The highest BCUT2D eigenvalue weighted by atomic mass is 15.1. The van der Waals surface area contributed by atoms with Gasteiger partial charge in [0.05, 0.1) is 11.1 Å². The van der Waals surface area contributed by atoms with Gasteiger partial charge in [0.15, 0.2) is 0 Å². The molecule has 8 aromatic carbocycles. The molecule has 0 aromatic heterocycles. The van der Waals surface area contributed by atoms with Crippen molar-refractivity contribution in [3.8, 4) is 44.5 Å². The molecule has 3 aliphatic carbocycles. The summed E-state index contributed by atoms with van der Waals surface area (Å²) in [5, 5.41) is 0. The predicted molar refractivity (Wildman–Crippen MR) is 230 cm³/mol. The second-order valence-electron chi connectivity index (χ2n) is 16.2. The number of fused-ring (bicyclic) bond motifs is 13. The van der Waals surface area contributed by atoms with Crippen LogP contribution in [0.4, 0.5) is 17.1 Å². The molecule has 1 nitrogen and oxygen atoms in total. The fraction of sp³-hybridized carbons (Fsp3) is 0.111. The van der Waals surface area contributed by atoms with Gasteiger partial charge in [-0.05, 0) is 122 Å². The molecule has 55 heavy (non-hydrogen) atoms. The first-order valence-corrected chi connectivity index (χ1v) is 19.5. The van der Waals surface area contributed by atoms with E-state index in [1.165, 1.54) is 100 Å². The van der Waals surface area contributed by atoms with Gasteiger partial charge in [-0.2, -0.15) is 0 Å². The van der Waals surface area contributed by atoms with Gasteiger partial charge in [0, 0.05) is 22.4 Å². The van der Waals surface area contributed by atoms with Crippen molar-refractivity contribution in [3.05, 3.63) is 220 Å². The molecule has 3 aliphatic rings. The Morgan fingerprint density at radius 1 is 0.364 bits per heavy atom. The Bertz CT molecular complexity index is 2810. The molecule has 0 fully saturated rings. The van der Waals surface area contributed by atoms with Crippen LogP contribution in [0.3, 0.4) is 0 Å². The molecule has 0 bridgehead atoms. The number of hydrogen-bond acceptors (Lipinski definition) is 1. The van der Waals surface area contributed by atoms with Gasteiger partial charge < -0.3 is 4.90 Å². The van der Waals surface area contributed by atoms with E-state index in [-0.39, 0.29) is 5.41 Å². The van der Waals surface area contributed by atoms with E-state index in [9.17, 15) is 0 Å². The topological polar surface area (TPSA) is 3.24 Å². The third-order valence-corrected chi connectivity index (χ3v) is 12.8. The van der Waals surface area contributed by atoms with Crippen LogP contribution in [0.5, 0.6) is 0 Å². The van der Waals surface area contributed by atoms with Crippen molar-refractivity contribution in [2.75, 3.05) is 4.90 Å². The zero-order valence-corrected chi connectivity index (χ0v) is 31.7. The van der Waals surface area contributed by atoms with Crippen molar-refractivity contribution in [2.45, 2.75) is 38.5 Å². The summed E-state index contributed by atoms with van der Waals surface area (Å²) in [4.78, 5) is 2.54. The maximum absolute atomic E-state index is 2.54. The van der Waals surface area contributed by atoms with Crippen LogP contribution in [-0.2, 0) is 10.8 Å². The molecule has 0 amide bonds.